The minimum Gasteiger partial charge on any atom is -0.353 e. The SMILES string of the molecule is CNC(CC1C=CCCC1)C1OC1OC. The van der Waals surface area contributed by atoms with E-state index in [9.17, 15) is 0 Å². The topological polar surface area (TPSA) is 33.8 Å². The normalized spacial score (nSPS) is 36.5. The van der Waals surface area contributed by atoms with Gasteiger partial charge >= 0.3 is 0 Å². The summed E-state index contributed by atoms with van der Waals surface area (Å²) in [6.07, 6.45) is 10.0. The van der Waals surface area contributed by atoms with Gasteiger partial charge in [0, 0.05) is 13.2 Å². The molecule has 3 nitrogen and oxygen atoms in total. The lowest BCUT2D eigenvalue weighted by Gasteiger charge is -2.21. The Labute approximate surface area is 91.8 Å². The van der Waals surface area contributed by atoms with E-state index in [2.05, 4.69) is 17.5 Å². The lowest BCUT2D eigenvalue weighted by molar-refractivity contribution is 0.0950. The van der Waals surface area contributed by atoms with Crippen LogP contribution in [-0.2, 0) is 9.47 Å². The minimum atomic E-state index is 0.0232. The molecule has 0 saturated carbocycles. The third-order valence-corrected chi connectivity index (χ3v) is 3.39. The van der Waals surface area contributed by atoms with E-state index in [1.54, 1.807) is 7.11 Å². The van der Waals surface area contributed by atoms with Crippen molar-refractivity contribution in [3.8, 4) is 0 Å². The molecule has 1 saturated heterocycles. The molecule has 0 aromatic carbocycles. The summed E-state index contributed by atoms with van der Waals surface area (Å²) in [5.41, 5.74) is 0. The van der Waals surface area contributed by atoms with Crippen LogP contribution in [0.15, 0.2) is 12.2 Å². The van der Waals surface area contributed by atoms with Crippen molar-refractivity contribution < 1.29 is 9.47 Å². The molecular weight excluding hydrogens is 190 g/mol. The number of hydrogen-bond donors (Lipinski definition) is 1. The average Bonchev–Trinajstić information content (AvgIpc) is 3.06. The smallest absolute Gasteiger partial charge is 0.185 e. The zero-order valence-corrected chi connectivity index (χ0v) is 9.61. The molecule has 0 radical (unpaired) electrons. The van der Waals surface area contributed by atoms with Crippen molar-refractivity contribution >= 4 is 0 Å². The second-order valence-electron chi connectivity index (χ2n) is 4.45. The van der Waals surface area contributed by atoms with Crippen molar-refractivity contribution in [1.82, 2.24) is 5.32 Å². The van der Waals surface area contributed by atoms with E-state index in [0.717, 1.165) is 12.3 Å². The first-order valence-electron chi connectivity index (χ1n) is 5.87. The molecule has 0 aromatic heterocycles. The molecule has 0 bridgehead atoms. The number of rotatable bonds is 5. The first-order valence-corrected chi connectivity index (χ1v) is 5.87. The largest absolute Gasteiger partial charge is 0.353 e. The number of methoxy groups -OCH3 is 1. The molecule has 1 aliphatic heterocycles. The van der Waals surface area contributed by atoms with E-state index in [0.29, 0.717) is 6.04 Å². The fraction of sp³-hybridized carbons (Fsp3) is 0.833. The highest BCUT2D eigenvalue weighted by Gasteiger charge is 2.45. The molecule has 1 N–H and O–H groups in total. The molecule has 2 aliphatic rings. The number of hydrogen-bond acceptors (Lipinski definition) is 3. The number of ether oxygens (including phenoxy) is 2. The van der Waals surface area contributed by atoms with Crippen LogP contribution < -0.4 is 5.32 Å². The highest BCUT2D eigenvalue weighted by Crippen LogP contribution is 2.31. The Morgan fingerprint density at radius 1 is 1.60 bits per heavy atom. The van der Waals surface area contributed by atoms with Crippen LogP contribution in [0.5, 0.6) is 0 Å². The molecule has 1 aliphatic carbocycles. The second-order valence-corrected chi connectivity index (χ2v) is 4.45. The lowest BCUT2D eigenvalue weighted by Crippen LogP contribution is -2.34. The van der Waals surface area contributed by atoms with Crippen molar-refractivity contribution in [1.29, 1.82) is 0 Å². The van der Waals surface area contributed by atoms with Crippen molar-refractivity contribution in [3.05, 3.63) is 12.2 Å². The first kappa shape index (κ1) is 11.1. The predicted molar refractivity (Wildman–Crippen MR) is 59.6 cm³/mol. The van der Waals surface area contributed by atoms with Crippen molar-refractivity contribution in [2.45, 2.75) is 44.1 Å². The zero-order chi connectivity index (χ0) is 10.7. The Bertz CT molecular complexity index is 230. The van der Waals surface area contributed by atoms with E-state index < -0.39 is 0 Å². The zero-order valence-electron chi connectivity index (χ0n) is 9.61. The highest BCUT2D eigenvalue weighted by atomic mass is 16.8. The molecule has 0 amide bonds. The molecule has 2 rings (SSSR count). The van der Waals surface area contributed by atoms with Gasteiger partial charge in [-0.2, -0.15) is 0 Å². The summed E-state index contributed by atoms with van der Waals surface area (Å²) in [6, 6.07) is 0.433. The van der Waals surface area contributed by atoms with Crippen molar-refractivity contribution in [3.63, 3.8) is 0 Å². The van der Waals surface area contributed by atoms with Gasteiger partial charge in [-0.3, -0.25) is 0 Å². The van der Waals surface area contributed by atoms with Crippen LogP contribution in [0.1, 0.15) is 25.7 Å². The van der Waals surface area contributed by atoms with Gasteiger partial charge < -0.3 is 14.8 Å². The van der Waals surface area contributed by atoms with Crippen LogP contribution in [0.2, 0.25) is 0 Å². The molecule has 3 heteroatoms. The monoisotopic (exact) mass is 211 g/mol. The van der Waals surface area contributed by atoms with E-state index >= 15 is 0 Å². The second kappa shape index (κ2) is 5.10. The molecule has 1 heterocycles. The molecule has 4 unspecified atom stereocenters. The Balaban J connectivity index is 1.80. The van der Waals surface area contributed by atoms with Gasteiger partial charge in [-0.1, -0.05) is 12.2 Å². The van der Waals surface area contributed by atoms with Crippen LogP contribution in [0.25, 0.3) is 0 Å². The molecule has 0 spiro atoms. The Morgan fingerprint density at radius 2 is 2.47 bits per heavy atom. The summed E-state index contributed by atoms with van der Waals surface area (Å²) in [5.74, 6) is 0.720. The van der Waals surface area contributed by atoms with Crippen molar-refractivity contribution in [2.75, 3.05) is 14.2 Å². The maximum Gasteiger partial charge on any atom is 0.185 e. The molecule has 15 heavy (non-hydrogen) atoms. The van der Waals surface area contributed by atoms with Gasteiger partial charge in [0.1, 0.15) is 6.10 Å². The minimum absolute atomic E-state index is 0.0232. The van der Waals surface area contributed by atoms with Crippen LogP contribution in [0, 0.1) is 5.92 Å². The van der Waals surface area contributed by atoms with Gasteiger partial charge in [-0.15, -0.1) is 0 Å². The summed E-state index contributed by atoms with van der Waals surface area (Å²) in [4.78, 5) is 0. The number of epoxide rings is 1. The first-order chi connectivity index (χ1) is 7.35. The maximum atomic E-state index is 5.45. The summed E-state index contributed by atoms with van der Waals surface area (Å²) < 4.78 is 10.6. The van der Waals surface area contributed by atoms with Gasteiger partial charge in [0.15, 0.2) is 6.29 Å². The van der Waals surface area contributed by atoms with Gasteiger partial charge in [-0.05, 0) is 38.6 Å². The average molecular weight is 211 g/mol. The van der Waals surface area contributed by atoms with Crippen LogP contribution in [0.4, 0.5) is 0 Å². The highest BCUT2D eigenvalue weighted by molar-refractivity contribution is 4.98. The molecule has 0 aromatic rings. The molecular formula is C12H21NO2. The molecule has 1 fully saturated rings. The Kier molecular flexibility index (Phi) is 3.78. The van der Waals surface area contributed by atoms with E-state index in [-0.39, 0.29) is 12.4 Å². The summed E-state index contributed by atoms with van der Waals surface area (Å²) >= 11 is 0. The summed E-state index contributed by atoms with van der Waals surface area (Å²) in [7, 11) is 3.71. The van der Waals surface area contributed by atoms with Crippen LogP contribution >= 0.6 is 0 Å². The van der Waals surface area contributed by atoms with E-state index in [4.69, 9.17) is 9.47 Å². The van der Waals surface area contributed by atoms with E-state index in [1.165, 1.54) is 19.3 Å². The number of nitrogens with one attached hydrogen (secondary N) is 1. The summed E-state index contributed by atoms with van der Waals surface area (Å²) in [6.45, 7) is 0. The lowest BCUT2D eigenvalue weighted by atomic mass is 9.89. The molecule has 86 valence electrons. The van der Waals surface area contributed by atoms with Crippen LogP contribution in [0.3, 0.4) is 0 Å². The fourth-order valence-corrected chi connectivity index (χ4v) is 2.41. The van der Waals surface area contributed by atoms with Gasteiger partial charge in [-0.25, -0.2) is 0 Å². The quantitative estimate of drug-likeness (QED) is 0.555. The number of allylic oxidation sites excluding steroid dienone is 2. The van der Waals surface area contributed by atoms with Gasteiger partial charge in [0.05, 0.1) is 0 Å². The number of likely N-dealkylation sites (N-methyl/N-ethyl adjacent to an activating group) is 1. The standard InChI is InChI=1S/C12H21NO2/c1-13-10(11-12(14-2)15-11)8-9-6-4-3-5-7-9/h4,6,9-13H,3,5,7-8H2,1-2H3. The van der Waals surface area contributed by atoms with Crippen molar-refractivity contribution in [2.24, 2.45) is 5.92 Å². The maximum absolute atomic E-state index is 5.45. The Hall–Kier alpha value is -0.380. The molecule has 4 atom stereocenters. The van der Waals surface area contributed by atoms with Crippen LogP contribution in [-0.4, -0.2) is 32.6 Å². The van der Waals surface area contributed by atoms with Gasteiger partial charge in [0.25, 0.3) is 0 Å². The van der Waals surface area contributed by atoms with Gasteiger partial charge in [0.2, 0.25) is 0 Å². The summed E-state index contributed by atoms with van der Waals surface area (Å²) in [5, 5.41) is 3.34. The van der Waals surface area contributed by atoms with E-state index in [1.807, 2.05) is 7.05 Å². The fourth-order valence-electron chi connectivity index (χ4n) is 2.41. The predicted octanol–water partition coefficient (Wildman–Crippen LogP) is 1.69. The third kappa shape index (κ3) is 2.80. The third-order valence-electron chi connectivity index (χ3n) is 3.39. The Morgan fingerprint density at radius 3 is 3.00 bits per heavy atom.